The van der Waals surface area contributed by atoms with E-state index in [2.05, 4.69) is 34.2 Å². The zero-order valence-electron chi connectivity index (χ0n) is 18.5. The minimum absolute atomic E-state index is 0.144. The van der Waals surface area contributed by atoms with Crippen molar-refractivity contribution >= 4 is 32.8 Å². The third-order valence-electron chi connectivity index (χ3n) is 4.96. The lowest BCUT2D eigenvalue weighted by molar-refractivity contribution is 0.313. The third-order valence-corrected chi connectivity index (χ3v) is 6.23. The standard InChI is InChI=1S/C22H26N6O3S/c1-5-10-31-32(29,30)28-9-8-17-11-19(6-7-20(17)28)25-22-23-12-16(4)21(26-22)18-13-24-27(14-18)15(2)3/h6-9,11-15H,5,10H2,1-4H3,(H,23,25,26). The SMILES string of the molecule is CCCOS(=O)(=O)n1ccc2cc(Nc3ncc(C)c(-c4cnn(C(C)C)c4)n3)ccc21. The third kappa shape index (κ3) is 4.37. The molecule has 0 fully saturated rings. The van der Waals surface area contributed by atoms with Crippen molar-refractivity contribution in [2.75, 3.05) is 11.9 Å². The molecule has 4 aromatic rings. The molecular weight excluding hydrogens is 428 g/mol. The Bertz CT molecular complexity index is 1360. The van der Waals surface area contributed by atoms with Crippen molar-refractivity contribution in [3.05, 3.63) is 54.6 Å². The molecule has 10 heteroatoms. The van der Waals surface area contributed by atoms with Gasteiger partial charge in [0.2, 0.25) is 5.95 Å². The predicted octanol–water partition coefficient (Wildman–Crippen LogP) is 4.45. The molecule has 0 saturated heterocycles. The number of aryl methyl sites for hydroxylation is 1. The molecule has 0 unspecified atom stereocenters. The van der Waals surface area contributed by atoms with E-state index in [-0.39, 0.29) is 12.6 Å². The Morgan fingerprint density at radius 2 is 2.00 bits per heavy atom. The molecule has 3 heterocycles. The van der Waals surface area contributed by atoms with Crippen LogP contribution in [0.1, 0.15) is 38.8 Å². The maximum absolute atomic E-state index is 12.4. The molecule has 0 aliphatic rings. The summed E-state index contributed by atoms with van der Waals surface area (Å²) in [4.78, 5) is 9.06. The lowest BCUT2D eigenvalue weighted by atomic mass is 10.1. The molecule has 0 aliphatic heterocycles. The second-order valence-corrected chi connectivity index (χ2v) is 9.30. The van der Waals surface area contributed by atoms with Crippen molar-refractivity contribution in [3.8, 4) is 11.3 Å². The number of hydrogen-bond donors (Lipinski definition) is 1. The Balaban J connectivity index is 1.61. The van der Waals surface area contributed by atoms with E-state index in [1.54, 1.807) is 30.6 Å². The van der Waals surface area contributed by atoms with Gasteiger partial charge in [-0.1, -0.05) is 6.92 Å². The van der Waals surface area contributed by atoms with Gasteiger partial charge in [0.05, 0.1) is 24.0 Å². The first-order valence-corrected chi connectivity index (χ1v) is 11.8. The highest BCUT2D eigenvalue weighted by Gasteiger charge is 2.17. The van der Waals surface area contributed by atoms with Gasteiger partial charge < -0.3 is 5.32 Å². The van der Waals surface area contributed by atoms with E-state index in [1.807, 2.05) is 30.8 Å². The molecular formula is C22H26N6O3S. The summed E-state index contributed by atoms with van der Waals surface area (Å²) in [5.41, 5.74) is 3.96. The van der Waals surface area contributed by atoms with Crippen LogP contribution in [0.3, 0.4) is 0 Å². The first-order chi connectivity index (χ1) is 15.3. The van der Waals surface area contributed by atoms with E-state index in [1.165, 1.54) is 6.20 Å². The minimum atomic E-state index is -3.86. The summed E-state index contributed by atoms with van der Waals surface area (Å²) in [5.74, 6) is 0.445. The summed E-state index contributed by atoms with van der Waals surface area (Å²) < 4.78 is 32.8. The van der Waals surface area contributed by atoms with Crippen LogP contribution < -0.4 is 5.32 Å². The molecule has 168 valence electrons. The van der Waals surface area contributed by atoms with Crippen molar-refractivity contribution in [1.29, 1.82) is 0 Å². The fraction of sp³-hybridized carbons (Fsp3) is 0.318. The molecule has 32 heavy (non-hydrogen) atoms. The van der Waals surface area contributed by atoms with Crippen LogP contribution in [0.15, 0.2) is 49.1 Å². The fourth-order valence-electron chi connectivity index (χ4n) is 3.30. The molecule has 0 aliphatic carbocycles. The molecule has 0 radical (unpaired) electrons. The van der Waals surface area contributed by atoms with Crippen LogP contribution in [0.2, 0.25) is 0 Å². The van der Waals surface area contributed by atoms with Gasteiger partial charge in [0.25, 0.3) is 0 Å². The second-order valence-electron chi connectivity index (χ2n) is 7.82. The van der Waals surface area contributed by atoms with Crippen LogP contribution in [0.4, 0.5) is 11.6 Å². The summed E-state index contributed by atoms with van der Waals surface area (Å²) in [7, 11) is -3.86. The molecule has 0 amide bonds. The average Bonchev–Trinajstić information content (AvgIpc) is 3.41. The number of benzene rings is 1. The van der Waals surface area contributed by atoms with Crippen LogP contribution >= 0.6 is 0 Å². The van der Waals surface area contributed by atoms with E-state index in [0.717, 1.165) is 31.9 Å². The summed E-state index contributed by atoms with van der Waals surface area (Å²) in [6.07, 6.45) is 7.65. The fourth-order valence-corrected chi connectivity index (χ4v) is 4.41. The Morgan fingerprint density at radius 1 is 1.19 bits per heavy atom. The molecule has 0 saturated carbocycles. The topological polar surface area (TPSA) is 104 Å². The first kappa shape index (κ1) is 22.0. The van der Waals surface area contributed by atoms with Gasteiger partial charge >= 0.3 is 10.3 Å². The predicted molar refractivity (Wildman–Crippen MR) is 124 cm³/mol. The molecule has 1 N–H and O–H groups in total. The van der Waals surface area contributed by atoms with Crippen LogP contribution in [0, 0.1) is 6.92 Å². The Morgan fingerprint density at radius 3 is 2.72 bits per heavy atom. The smallest absolute Gasteiger partial charge is 0.324 e. The lowest BCUT2D eigenvalue weighted by Crippen LogP contribution is -2.15. The van der Waals surface area contributed by atoms with Crippen LogP contribution in [-0.4, -0.2) is 38.7 Å². The molecule has 0 atom stereocenters. The number of aromatic nitrogens is 5. The molecule has 0 bridgehead atoms. The molecule has 4 rings (SSSR count). The highest BCUT2D eigenvalue weighted by molar-refractivity contribution is 7.85. The first-order valence-electron chi connectivity index (χ1n) is 10.4. The van der Waals surface area contributed by atoms with Gasteiger partial charge in [0, 0.05) is 41.3 Å². The quantitative estimate of drug-likeness (QED) is 0.419. The number of nitrogens with one attached hydrogen (secondary N) is 1. The van der Waals surface area contributed by atoms with Gasteiger partial charge in [-0.15, -0.1) is 0 Å². The van der Waals surface area contributed by atoms with Crippen LogP contribution in [0.25, 0.3) is 22.2 Å². The Kier molecular flexibility index (Phi) is 5.98. The summed E-state index contributed by atoms with van der Waals surface area (Å²) in [6, 6.07) is 7.36. The summed E-state index contributed by atoms with van der Waals surface area (Å²) in [5, 5.41) is 8.36. The molecule has 9 nitrogen and oxygen atoms in total. The van der Waals surface area contributed by atoms with E-state index in [9.17, 15) is 8.42 Å². The molecule has 3 aromatic heterocycles. The normalized spacial score (nSPS) is 12.0. The highest BCUT2D eigenvalue weighted by Crippen LogP contribution is 2.26. The van der Waals surface area contributed by atoms with Crippen LogP contribution in [0.5, 0.6) is 0 Å². The molecule has 0 spiro atoms. The van der Waals surface area contributed by atoms with Gasteiger partial charge in [-0.05, 0) is 57.0 Å². The monoisotopic (exact) mass is 454 g/mol. The largest absolute Gasteiger partial charge is 0.366 e. The van der Waals surface area contributed by atoms with Gasteiger partial charge in [-0.3, -0.25) is 8.86 Å². The van der Waals surface area contributed by atoms with Gasteiger partial charge in [-0.2, -0.15) is 13.5 Å². The number of rotatable bonds is 8. The number of nitrogens with zero attached hydrogens (tertiary/aromatic N) is 5. The number of anilines is 2. The number of fused-ring (bicyclic) bond motifs is 1. The number of hydrogen-bond acceptors (Lipinski definition) is 7. The van der Waals surface area contributed by atoms with Crippen molar-refractivity contribution in [3.63, 3.8) is 0 Å². The highest BCUT2D eigenvalue weighted by atomic mass is 32.2. The average molecular weight is 455 g/mol. The Labute approximate surface area is 187 Å². The summed E-state index contributed by atoms with van der Waals surface area (Å²) >= 11 is 0. The summed E-state index contributed by atoms with van der Waals surface area (Å²) in [6.45, 7) is 8.10. The van der Waals surface area contributed by atoms with Crippen molar-refractivity contribution in [2.45, 2.75) is 40.2 Å². The van der Waals surface area contributed by atoms with E-state index >= 15 is 0 Å². The van der Waals surface area contributed by atoms with E-state index in [4.69, 9.17) is 4.18 Å². The van der Waals surface area contributed by atoms with Crippen molar-refractivity contribution in [2.24, 2.45) is 0 Å². The van der Waals surface area contributed by atoms with E-state index < -0.39 is 10.3 Å². The maximum Gasteiger partial charge on any atom is 0.366 e. The Hall–Kier alpha value is -3.24. The molecule has 1 aromatic carbocycles. The minimum Gasteiger partial charge on any atom is -0.324 e. The zero-order chi connectivity index (χ0) is 22.9. The maximum atomic E-state index is 12.4. The van der Waals surface area contributed by atoms with Gasteiger partial charge in [-0.25, -0.2) is 13.9 Å². The van der Waals surface area contributed by atoms with Crippen molar-refractivity contribution in [1.82, 2.24) is 23.7 Å². The van der Waals surface area contributed by atoms with E-state index in [0.29, 0.717) is 17.9 Å². The van der Waals surface area contributed by atoms with Gasteiger partial charge in [0.15, 0.2) is 0 Å². The lowest BCUT2D eigenvalue weighted by Gasteiger charge is -2.10. The van der Waals surface area contributed by atoms with Crippen molar-refractivity contribution < 1.29 is 12.6 Å². The van der Waals surface area contributed by atoms with Gasteiger partial charge in [0.1, 0.15) is 0 Å². The zero-order valence-corrected chi connectivity index (χ0v) is 19.3. The second kappa shape index (κ2) is 8.71. The van der Waals surface area contributed by atoms with Crippen LogP contribution in [-0.2, 0) is 14.5 Å².